The Bertz CT molecular complexity index is 219. The molecule has 0 aliphatic carbocycles. The van der Waals surface area contributed by atoms with Crippen molar-refractivity contribution in [1.29, 1.82) is 0 Å². The summed E-state index contributed by atoms with van der Waals surface area (Å²) >= 11 is 0. The molecule has 2 N–H and O–H groups in total. The highest BCUT2D eigenvalue weighted by atomic mass is 32.2. The fourth-order valence-electron chi connectivity index (χ4n) is 0.897. The Morgan fingerprint density at radius 1 is 1.42 bits per heavy atom. The van der Waals surface area contributed by atoms with Crippen molar-refractivity contribution < 1.29 is 13.2 Å². The molecule has 1 aliphatic heterocycles. The van der Waals surface area contributed by atoms with Crippen molar-refractivity contribution in [3.63, 3.8) is 0 Å². The van der Waals surface area contributed by atoms with Crippen LogP contribution in [0.2, 0.25) is 0 Å². The summed E-state index contributed by atoms with van der Waals surface area (Å²) in [6.45, 7) is 0.442. The summed E-state index contributed by atoms with van der Waals surface area (Å²) in [7, 11) is -0.736. The first-order valence-corrected chi connectivity index (χ1v) is 5.13. The van der Waals surface area contributed by atoms with Crippen molar-refractivity contribution in [3.8, 4) is 0 Å². The van der Waals surface area contributed by atoms with Gasteiger partial charge < -0.3 is 5.73 Å². The van der Waals surface area contributed by atoms with Crippen LogP contribution in [0.3, 0.4) is 0 Å². The van der Waals surface area contributed by atoms with Gasteiger partial charge in [-0.15, -0.1) is 0 Å². The summed E-state index contributed by atoms with van der Waals surface area (Å²) in [5, 5.41) is 2.88. The van der Waals surface area contributed by atoms with Gasteiger partial charge in [0, 0.05) is 6.54 Å². The van der Waals surface area contributed by atoms with Crippen molar-refractivity contribution in [2.45, 2.75) is 6.18 Å². The Balaban J connectivity index is 2.62. The Kier molecular flexibility index (Phi) is 2.85. The zero-order valence-electron chi connectivity index (χ0n) is 6.30. The molecule has 1 unspecified atom stereocenters. The number of nitrogens with two attached hydrogens (primary N) is 1. The van der Waals surface area contributed by atoms with Crippen LogP contribution in [-0.2, 0) is 0 Å². The number of alkyl halides is 3. The monoisotopic (exact) mass is 197 g/mol. The number of rotatable bonds is 2. The first kappa shape index (κ1) is 9.67. The lowest BCUT2D eigenvalue weighted by atomic mass is 10.3. The average molecular weight is 197 g/mol. The fourth-order valence-corrected chi connectivity index (χ4v) is 2.50. The van der Waals surface area contributed by atoms with Crippen LogP contribution >= 0.6 is 10.9 Å². The molecule has 1 aliphatic rings. The van der Waals surface area contributed by atoms with Gasteiger partial charge in [-0.25, -0.2) is 10.9 Å². The van der Waals surface area contributed by atoms with Gasteiger partial charge in [0.1, 0.15) is 0 Å². The van der Waals surface area contributed by atoms with Gasteiger partial charge in [0.2, 0.25) is 0 Å². The highest BCUT2D eigenvalue weighted by Gasteiger charge is 2.33. The summed E-state index contributed by atoms with van der Waals surface area (Å²) in [6.07, 6.45) is -3.05. The lowest BCUT2D eigenvalue weighted by Crippen LogP contribution is -2.08. The van der Waals surface area contributed by atoms with Gasteiger partial charge in [-0.3, -0.25) is 0 Å². The third-order valence-electron chi connectivity index (χ3n) is 1.47. The largest absolute Gasteiger partial charge is 0.416 e. The molecule has 70 valence electrons. The highest BCUT2D eigenvalue weighted by molar-refractivity contribution is 8.22. The molecule has 1 nitrogen and oxygen atoms in total. The molecule has 0 fully saturated rings. The molecule has 0 aromatic heterocycles. The maximum atomic E-state index is 12.0. The molecular weight excluding hydrogens is 187 g/mol. The summed E-state index contributed by atoms with van der Waals surface area (Å²) in [6, 6.07) is 0. The van der Waals surface area contributed by atoms with E-state index in [0.717, 1.165) is 6.08 Å². The van der Waals surface area contributed by atoms with Crippen LogP contribution in [0.1, 0.15) is 0 Å². The second kappa shape index (κ2) is 3.53. The molecule has 0 aromatic carbocycles. The van der Waals surface area contributed by atoms with E-state index in [-0.39, 0.29) is 0 Å². The van der Waals surface area contributed by atoms with Gasteiger partial charge in [-0.2, -0.15) is 13.2 Å². The molecule has 0 radical (unpaired) electrons. The lowest BCUT2D eigenvalue weighted by Gasteiger charge is -2.07. The average Bonchev–Trinajstić information content (AvgIpc) is 2.35. The first-order valence-electron chi connectivity index (χ1n) is 3.47. The van der Waals surface area contributed by atoms with Crippen LogP contribution in [0.25, 0.3) is 0 Å². The Morgan fingerprint density at radius 2 is 2.08 bits per heavy atom. The Hall–Kier alpha value is -0.420. The maximum absolute atomic E-state index is 12.0. The second-order valence-electron chi connectivity index (χ2n) is 2.42. The predicted molar refractivity (Wildman–Crippen MR) is 46.2 cm³/mol. The molecule has 5 heteroatoms. The molecule has 1 atom stereocenters. The molecule has 0 aromatic rings. The van der Waals surface area contributed by atoms with Crippen molar-refractivity contribution >= 4 is 10.9 Å². The van der Waals surface area contributed by atoms with Gasteiger partial charge in [-0.05, 0) is 22.6 Å². The second-order valence-corrected chi connectivity index (χ2v) is 4.46. The normalized spacial score (nSPS) is 26.0. The van der Waals surface area contributed by atoms with Crippen LogP contribution in [-0.4, -0.2) is 18.5 Å². The SMILES string of the molecule is NCC[SH]1C=CC(C(F)(F)F)=C1. The summed E-state index contributed by atoms with van der Waals surface area (Å²) in [5.41, 5.74) is 4.71. The van der Waals surface area contributed by atoms with E-state index < -0.39 is 22.6 Å². The van der Waals surface area contributed by atoms with Gasteiger partial charge >= 0.3 is 6.18 Å². The van der Waals surface area contributed by atoms with Crippen LogP contribution in [0.4, 0.5) is 13.2 Å². The van der Waals surface area contributed by atoms with Crippen LogP contribution in [0, 0.1) is 0 Å². The van der Waals surface area contributed by atoms with Crippen LogP contribution in [0.15, 0.2) is 22.5 Å². The number of allylic oxidation sites excluding steroid dienone is 2. The smallest absolute Gasteiger partial charge is 0.330 e. The molecule has 1 heterocycles. The standard InChI is InChI=1S/C7H10F3NS/c8-7(9,10)6-1-3-12(5-6)4-2-11/h1,3,5,12H,2,4,11H2. The minimum Gasteiger partial charge on any atom is -0.330 e. The number of thiol groups is 1. The zero-order chi connectivity index (χ0) is 9.19. The summed E-state index contributed by atoms with van der Waals surface area (Å²) < 4.78 is 36.1. The minimum absolute atomic E-state index is 0.442. The van der Waals surface area contributed by atoms with Gasteiger partial charge in [0.05, 0.1) is 5.57 Å². The van der Waals surface area contributed by atoms with E-state index in [4.69, 9.17) is 5.73 Å². The third kappa shape index (κ3) is 2.28. The number of hydrogen-bond acceptors (Lipinski definition) is 1. The molecule has 0 bridgehead atoms. The van der Waals surface area contributed by atoms with Gasteiger partial charge in [-0.1, -0.05) is 0 Å². The topological polar surface area (TPSA) is 26.0 Å². The van der Waals surface area contributed by atoms with Crippen molar-refractivity contribution in [2.75, 3.05) is 12.3 Å². The van der Waals surface area contributed by atoms with Crippen LogP contribution in [0.5, 0.6) is 0 Å². The van der Waals surface area contributed by atoms with Crippen molar-refractivity contribution in [3.05, 3.63) is 22.5 Å². The lowest BCUT2D eigenvalue weighted by molar-refractivity contribution is -0.0878. The van der Waals surface area contributed by atoms with Crippen LogP contribution < -0.4 is 5.73 Å². The number of hydrogen-bond donors (Lipinski definition) is 2. The predicted octanol–water partition coefficient (Wildman–Crippen LogP) is 1.92. The minimum atomic E-state index is -4.19. The van der Waals surface area contributed by atoms with Crippen molar-refractivity contribution in [1.82, 2.24) is 0 Å². The van der Waals surface area contributed by atoms with E-state index >= 15 is 0 Å². The van der Waals surface area contributed by atoms with Crippen molar-refractivity contribution in [2.24, 2.45) is 5.73 Å². The Labute approximate surface area is 71.5 Å². The Morgan fingerprint density at radius 3 is 2.50 bits per heavy atom. The molecular formula is C7H10F3NS. The van der Waals surface area contributed by atoms with Gasteiger partial charge in [0.25, 0.3) is 0 Å². The van der Waals surface area contributed by atoms with E-state index in [1.54, 1.807) is 5.41 Å². The summed E-state index contributed by atoms with van der Waals surface area (Å²) in [5.74, 6) is 0.644. The maximum Gasteiger partial charge on any atom is 0.416 e. The van der Waals surface area contributed by atoms with E-state index in [2.05, 4.69) is 0 Å². The molecule has 0 saturated carbocycles. The highest BCUT2D eigenvalue weighted by Crippen LogP contribution is 2.41. The van der Waals surface area contributed by atoms with E-state index in [9.17, 15) is 13.2 Å². The van der Waals surface area contributed by atoms with E-state index in [1.165, 1.54) is 5.41 Å². The molecule has 0 spiro atoms. The number of halogens is 3. The zero-order valence-corrected chi connectivity index (χ0v) is 7.20. The van der Waals surface area contributed by atoms with E-state index in [0.29, 0.717) is 12.3 Å². The van der Waals surface area contributed by atoms with Gasteiger partial charge in [0.15, 0.2) is 0 Å². The molecule has 12 heavy (non-hydrogen) atoms. The fraction of sp³-hybridized carbons (Fsp3) is 0.429. The molecule has 1 rings (SSSR count). The molecule has 0 saturated heterocycles. The summed E-state index contributed by atoms with van der Waals surface area (Å²) in [4.78, 5) is 0. The quantitative estimate of drug-likeness (QED) is 0.650. The van der Waals surface area contributed by atoms with E-state index in [1.807, 2.05) is 0 Å². The third-order valence-corrected chi connectivity index (χ3v) is 3.38. The first-order chi connectivity index (χ1) is 5.54. The molecule has 0 amide bonds.